The van der Waals surface area contributed by atoms with E-state index in [0.717, 1.165) is 20.1 Å². The number of hydrogen-bond donors (Lipinski definition) is 0. The van der Waals surface area contributed by atoms with Crippen molar-refractivity contribution in [3.05, 3.63) is 110 Å². The van der Waals surface area contributed by atoms with Crippen LogP contribution < -0.4 is 4.74 Å². The van der Waals surface area contributed by atoms with Crippen LogP contribution in [0.5, 0.6) is 5.75 Å². The minimum Gasteiger partial charge on any atom is -0.484 e. The molecule has 0 bridgehead atoms. The molecule has 0 N–H and O–H groups in total. The maximum atomic E-state index is 13.0. The molecule has 1 spiro atoms. The van der Waals surface area contributed by atoms with Crippen LogP contribution in [-0.4, -0.2) is 17.9 Å². The van der Waals surface area contributed by atoms with Crippen molar-refractivity contribution in [2.75, 3.05) is 0 Å². The van der Waals surface area contributed by atoms with Gasteiger partial charge in [-0.25, -0.2) is 0 Å². The summed E-state index contributed by atoms with van der Waals surface area (Å²) in [7, 11) is 0. The van der Waals surface area contributed by atoms with Crippen molar-refractivity contribution in [1.82, 2.24) is 0 Å². The van der Waals surface area contributed by atoms with E-state index in [1.807, 2.05) is 60.7 Å². The standard InChI is InChI=1S/C26H18Br2O5/c27-19-10-4-1-7-15(19)24-25(16-8-2-5-11-20(16)28)33-26(32-24)13-22-18(14-30-26)23(29)17-9-3-6-12-21(17)31-22/h1-12,14,22,24-25H,13H2/t22-,24+,25+/m1/s1. The molecule has 1 saturated heterocycles. The van der Waals surface area contributed by atoms with Crippen LogP contribution in [0.3, 0.4) is 0 Å². The van der Waals surface area contributed by atoms with Gasteiger partial charge in [-0.1, -0.05) is 80.4 Å². The van der Waals surface area contributed by atoms with Crippen LogP contribution in [0, 0.1) is 0 Å². The SMILES string of the molecule is O=C1C2=COC3(C[C@H]2Oc2ccccc21)O[C@@H](c1ccccc1Br)[C@H](c1ccccc1Br)O3. The van der Waals surface area contributed by atoms with E-state index in [4.69, 9.17) is 18.9 Å². The van der Waals surface area contributed by atoms with Gasteiger partial charge in [0.2, 0.25) is 0 Å². The van der Waals surface area contributed by atoms with E-state index in [1.54, 1.807) is 12.1 Å². The monoisotopic (exact) mass is 568 g/mol. The molecule has 0 radical (unpaired) electrons. The zero-order chi connectivity index (χ0) is 22.6. The molecule has 0 saturated carbocycles. The first-order valence-electron chi connectivity index (χ1n) is 10.6. The van der Waals surface area contributed by atoms with Crippen molar-refractivity contribution in [2.24, 2.45) is 0 Å². The van der Waals surface area contributed by atoms with Crippen LogP contribution in [-0.2, 0) is 14.2 Å². The fourth-order valence-corrected chi connectivity index (χ4v) is 5.56. The highest BCUT2D eigenvalue weighted by atomic mass is 79.9. The number of ether oxygens (including phenoxy) is 4. The zero-order valence-corrected chi connectivity index (χ0v) is 20.4. The Morgan fingerprint density at radius 1 is 0.788 bits per heavy atom. The highest BCUT2D eigenvalue weighted by Gasteiger charge is 2.56. The number of carbonyl (C=O) groups is 1. The minimum atomic E-state index is -1.39. The molecular weight excluding hydrogens is 552 g/mol. The molecule has 3 aromatic carbocycles. The number of fused-ring (bicyclic) bond motifs is 2. The molecular formula is C26H18Br2O5. The number of carbonyl (C=O) groups excluding carboxylic acids is 1. The Morgan fingerprint density at radius 2 is 1.36 bits per heavy atom. The third-order valence-electron chi connectivity index (χ3n) is 6.12. The first kappa shape index (κ1) is 21.1. The Morgan fingerprint density at radius 3 is 2.00 bits per heavy atom. The first-order chi connectivity index (χ1) is 16.0. The van der Waals surface area contributed by atoms with E-state index >= 15 is 0 Å². The molecule has 33 heavy (non-hydrogen) atoms. The lowest BCUT2D eigenvalue weighted by molar-refractivity contribution is -0.334. The number of rotatable bonds is 2. The van der Waals surface area contributed by atoms with Crippen LogP contribution in [0.1, 0.15) is 40.1 Å². The van der Waals surface area contributed by atoms with Crippen LogP contribution >= 0.6 is 31.9 Å². The van der Waals surface area contributed by atoms with Crippen molar-refractivity contribution in [1.29, 1.82) is 0 Å². The number of hydrogen-bond acceptors (Lipinski definition) is 5. The predicted molar refractivity (Wildman–Crippen MR) is 128 cm³/mol. The Labute approximate surface area is 207 Å². The number of halogens is 2. The van der Waals surface area contributed by atoms with Crippen LogP contribution in [0.15, 0.2) is 93.6 Å². The van der Waals surface area contributed by atoms with Crippen molar-refractivity contribution in [3.8, 4) is 5.75 Å². The van der Waals surface area contributed by atoms with Crippen LogP contribution in [0.4, 0.5) is 0 Å². The smallest absolute Gasteiger partial charge is 0.331 e. The molecule has 0 unspecified atom stereocenters. The zero-order valence-electron chi connectivity index (χ0n) is 17.2. The van der Waals surface area contributed by atoms with Gasteiger partial charge in [0.15, 0.2) is 5.78 Å². The van der Waals surface area contributed by atoms with Gasteiger partial charge in [-0.05, 0) is 35.4 Å². The van der Waals surface area contributed by atoms with Gasteiger partial charge in [0.1, 0.15) is 30.3 Å². The average molecular weight is 570 g/mol. The number of benzene rings is 3. The minimum absolute atomic E-state index is 0.0978. The molecule has 1 fully saturated rings. The molecule has 3 heterocycles. The summed E-state index contributed by atoms with van der Waals surface area (Å²) in [5.74, 6) is -0.926. The van der Waals surface area contributed by atoms with E-state index in [9.17, 15) is 4.79 Å². The quantitative estimate of drug-likeness (QED) is 0.346. The first-order valence-corrected chi connectivity index (χ1v) is 12.2. The van der Waals surface area contributed by atoms with E-state index in [0.29, 0.717) is 16.9 Å². The summed E-state index contributed by atoms with van der Waals surface area (Å²) in [6, 6.07) is 23.0. The molecule has 3 aliphatic heterocycles. The third kappa shape index (κ3) is 3.54. The molecule has 7 heteroatoms. The lowest BCUT2D eigenvalue weighted by Crippen LogP contribution is -2.45. The van der Waals surface area contributed by atoms with E-state index < -0.39 is 24.3 Å². The number of Topliss-reactive ketones (excluding diaryl/α,β-unsaturated/α-hetero) is 1. The highest BCUT2D eigenvalue weighted by molar-refractivity contribution is 9.10. The maximum absolute atomic E-state index is 13.0. The fourth-order valence-electron chi connectivity index (χ4n) is 4.54. The molecule has 166 valence electrons. The predicted octanol–water partition coefficient (Wildman–Crippen LogP) is 6.64. The van der Waals surface area contributed by atoms with Gasteiger partial charge in [0, 0.05) is 8.95 Å². The number of ketones is 1. The lowest BCUT2D eigenvalue weighted by atomic mass is 9.92. The van der Waals surface area contributed by atoms with Gasteiger partial charge in [-0.3, -0.25) is 4.79 Å². The van der Waals surface area contributed by atoms with Gasteiger partial charge in [-0.15, -0.1) is 0 Å². The van der Waals surface area contributed by atoms with Gasteiger partial charge < -0.3 is 18.9 Å². The molecule has 3 aromatic rings. The van der Waals surface area contributed by atoms with Crippen molar-refractivity contribution in [3.63, 3.8) is 0 Å². The Hall–Kier alpha value is -2.45. The summed E-state index contributed by atoms with van der Waals surface area (Å²) < 4.78 is 27.1. The lowest BCUT2D eigenvalue weighted by Gasteiger charge is -2.37. The molecule has 0 aliphatic carbocycles. The summed E-state index contributed by atoms with van der Waals surface area (Å²) in [5, 5.41) is 0. The van der Waals surface area contributed by atoms with Gasteiger partial charge in [0.25, 0.3) is 0 Å². The molecule has 3 aliphatic rings. The van der Waals surface area contributed by atoms with Crippen molar-refractivity contribution >= 4 is 37.6 Å². The summed E-state index contributed by atoms with van der Waals surface area (Å²) in [6.45, 7) is 0. The average Bonchev–Trinajstić information content (AvgIpc) is 3.18. The largest absolute Gasteiger partial charge is 0.484 e. The second-order valence-electron chi connectivity index (χ2n) is 8.13. The van der Waals surface area contributed by atoms with E-state index in [2.05, 4.69) is 31.9 Å². The van der Waals surface area contributed by atoms with E-state index in [1.165, 1.54) is 6.26 Å². The van der Waals surface area contributed by atoms with E-state index in [-0.39, 0.29) is 12.2 Å². The summed E-state index contributed by atoms with van der Waals surface area (Å²) in [4.78, 5) is 13.0. The highest BCUT2D eigenvalue weighted by Crippen LogP contribution is 2.53. The number of para-hydroxylation sites is 1. The summed E-state index contributed by atoms with van der Waals surface area (Å²) >= 11 is 7.30. The Balaban J connectivity index is 1.39. The van der Waals surface area contributed by atoms with Crippen LogP contribution in [0.25, 0.3) is 0 Å². The molecule has 0 amide bonds. The second-order valence-corrected chi connectivity index (χ2v) is 9.84. The van der Waals surface area contributed by atoms with Crippen molar-refractivity contribution in [2.45, 2.75) is 30.7 Å². The second kappa shape index (κ2) is 8.09. The summed E-state index contributed by atoms with van der Waals surface area (Å²) in [5.41, 5.74) is 2.89. The Kier molecular flexibility index (Phi) is 5.18. The van der Waals surface area contributed by atoms with Gasteiger partial charge >= 0.3 is 5.97 Å². The summed E-state index contributed by atoms with van der Waals surface area (Å²) in [6.07, 6.45) is 0.243. The van der Waals surface area contributed by atoms with Gasteiger partial charge in [-0.2, -0.15) is 0 Å². The molecule has 3 atom stereocenters. The van der Waals surface area contributed by atoms with Gasteiger partial charge in [0.05, 0.1) is 17.6 Å². The van der Waals surface area contributed by atoms with Crippen LogP contribution in [0.2, 0.25) is 0 Å². The Bertz CT molecular complexity index is 1230. The molecule has 5 nitrogen and oxygen atoms in total. The topological polar surface area (TPSA) is 54.0 Å². The molecule has 0 aromatic heterocycles. The fraction of sp³-hybridized carbons (Fsp3) is 0.192. The maximum Gasteiger partial charge on any atom is 0.331 e. The van der Waals surface area contributed by atoms with Crippen molar-refractivity contribution < 1.29 is 23.7 Å². The normalized spacial score (nSPS) is 25.0. The third-order valence-corrected chi connectivity index (χ3v) is 7.57. The molecule has 6 rings (SSSR count).